The second-order valence-corrected chi connectivity index (χ2v) is 7.11. The summed E-state index contributed by atoms with van der Waals surface area (Å²) >= 11 is 0. The van der Waals surface area contributed by atoms with Crippen molar-refractivity contribution in [3.05, 3.63) is 0 Å². The minimum Gasteiger partial charge on any atom is -0.361 e. The average Bonchev–Trinajstić information content (AvgIpc) is 3.22. The third-order valence-corrected chi connectivity index (χ3v) is 4.45. The van der Waals surface area contributed by atoms with Gasteiger partial charge in [0.2, 0.25) is 0 Å². The van der Waals surface area contributed by atoms with E-state index < -0.39 is 0 Å². The normalized spacial score (nSPS) is 21.0. The third-order valence-electron chi connectivity index (χ3n) is 4.45. The Hall–Kier alpha value is -0.370. The maximum Gasteiger partial charge on any atom is 0.164 e. The molecular weight excluding hydrogens is 260 g/mol. The number of hydrogen-bond acceptors (Lipinski definition) is 2. The van der Waals surface area contributed by atoms with Gasteiger partial charge in [0.05, 0.1) is 6.10 Å². The summed E-state index contributed by atoms with van der Waals surface area (Å²) in [6.07, 6.45) is 14.7. The van der Waals surface area contributed by atoms with Crippen LogP contribution in [0.15, 0.2) is 0 Å². The van der Waals surface area contributed by atoms with E-state index in [4.69, 9.17) is 4.74 Å². The van der Waals surface area contributed by atoms with Crippen LogP contribution < -0.4 is 0 Å². The standard InChI is InChI=1S/C19H36O2/c1-4-5-6-7-8-9-10-14-17(20)19-18(21-19)15-12-11-13-16(2)3/h16,18-19H,4-15H2,1-3H3/t18-,19+/m1/s1. The van der Waals surface area contributed by atoms with E-state index in [1.54, 1.807) is 0 Å². The molecule has 0 saturated carbocycles. The predicted molar refractivity (Wildman–Crippen MR) is 89.6 cm³/mol. The molecule has 21 heavy (non-hydrogen) atoms. The Labute approximate surface area is 132 Å². The second-order valence-electron chi connectivity index (χ2n) is 7.11. The number of carbonyl (C=O) groups excluding carboxylic acids is 1. The average molecular weight is 296 g/mol. The summed E-state index contributed by atoms with van der Waals surface area (Å²) < 4.78 is 5.55. The molecule has 1 aliphatic rings. The van der Waals surface area contributed by atoms with Crippen molar-refractivity contribution in [2.24, 2.45) is 5.92 Å². The lowest BCUT2D eigenvalue weighted by Crippen LogP contribution is -2.09. The molecule has 0 N–H and O–H groups in total. The zero-order valence-electron chi connectivity index (χ0n) is 14.5. The molecular formula is C19H36O2. The van der Waals surface area contributed by atoms with E-state index in [0.717, 1.165) is 25.2 Å². The molecule has 0 bridgehead atoms. The second kappa shape index (κ2) is 11.2. The topological polar surface area (TPSA) is 29.6 Å². The van der Waals surface area contributed by atoms with E-state index in [-0.39, 0.29) is 12.2 Å². The van der Waals surface area contributed by atoms with Crippen LogP contribution >= 0.6 is 0 Å². The summed E-state index contributed by atoms with van der Waals surface area (Å²) in [5.74, 6) is 1.15. The maximum absolute atomic E-state index is 12.0. The minimum atomic E-state index is -0.0378. The molecule has 0 radical (unpaired) electrons. The smallest absolute Gasteiger partial charge is 0.164 e. The fourth-order valence-corrected chi connectivity index (χ4v) is 2.94. The third kappa shape index (κ3) is 9.29. The monoisotopic (exact) mass is 296 g/mol. The van der Waals surface area contributed by atoms with E-state index in [0.29, 0.717) is 5.78 Å². The summed E-state index contributed by atoms with van der Waals surface area (Å²) in [6, 6.07) is 0. The lowest BCUT2D eigenvalue weighted by Gasteiger charge is -2.02. The van der Waals surface area contributed by atoms with Crippen molar-refractivity contribution >= 4 is 5.78 Å². The van der Waals surface area contributed by atoms with Crippen LogP contribution in [0.4, 0.5) is 0 Å². The molecule has 1 aliphatic heterocycles. The van der Waals surface area contributed by atoms with E-state index >= 15 is 0 Å². The van der Waals surface area contributed by atoms with Gasteiger partial charge in [0.25, 0.3) is 0 Å². The number of ether oxygens (including phenoxy) is 1. The Morgan fingerprint density at radius 2 is 1.62 bits per heavy atom. The molecule has 0 unspecified atom stereocenters. The van der Waals surface area contributed by atoms with Gasteiger partial charge in [-0.2, -0.15) is 0 Å². The van der Waals surface area contributed by atoms with Crippen LogP contribution in [0.1, 0.15) is 97.8 Å². The molecule has 0 amide bonds. The lowest BCUT2D eigenvalue weighted by atomic mass is 10.0. The number of rotatable bonds is 14. The zero-order valence-corrected chi connectivity index (χ0v) is 14.5. The first-order valence-electron chi connectivity index (χ1n) is 9.33. The Balaban J connectivity index is 1.90. The molecule has 2 heteroatoms. The van der Waals surface area contributed by atoms with Gasteiger partial charge in [-0.1, -0.05) is 78.6 Å². The van der Waals surface area contributed by atoms with E-state index in [1.807, 2.05) is 0 Å². The van der Waals surface area contributed by atoms with Gasteiger partial charge in [-0.25, -0.2) is 0 Å². The first-order chi connectivity index (χ1) is 10.1. The number of unbranched alkanes of at least 4 members (excludes halogenated alkanes) is 7. The summed E-state index contributed by atoms with van der Waals surface area (Å²) in [5.41, 5.74) is 0. The molecule has 2 atom stereocenters. The van der Waals surface area contributed by atoms with Crippen LogP contribution in [0.2, 0.25) is 0 Å². The van der Waals surface area contributed by atoms with Crippen LogP contribution in [-0.4, -0.2) is 18.0 Å². The summed E-state index contributed by atoms with van der Waals surface area (Å²) in [4.78, 5) is 12.0. The quantitative estimate of drug-likeness (QED) is 0.305. The summed E-state index contributed by atoms with van der Waals surface area (Å²) in [5, 5.41) is 0. The highest BCUT2D eigenvalue weighted by Crippen LogP contribution is 2.30. The first-order valence-corrected chi connectivity index (χ1v) is 9.33. The largest absolute Gasteiger partial charge is 0.361 e. The molecule has 0 aliphatic carbocycles. The number of ketones is 1. The highest BCUT2D eigenvalue weighted by atomic mass is 16.6. The SMILES string of the molecule is CCCCCCCCCC(=O)[C@@H]1O[C@@H]1CCCCC(C)C. The van der Waals surface area contributed by atoms with Crippen LogP contribution in [0, 0.1) is 5.92 Å². The van der Waals surface area contributed by atoms with Crippen molar-refractivity contribution in [2.45, 2.75) is 110 Å². The van der Waals surface area contributed by atoms with Crippen molar-refractivity contribution in [1.82, 2.24) is 0 Å². The molecule has 1 fully saturated rings. The summed E-state index contributed by atoms with van der Waals surface area (Å²) in [6.45, 7) is 6.78. The van der Waals surface area contributed by atoms with Crippen LogP contribution in [0.5, 0.6) is 0 Å². The van der Waals surface area contributed by atoms with Crippen molar-refractivity contribution in [1.29, 1.82) is 0 Å². The Kier molecular flexibility index (Phi) is 9.99. The molecule has 1 rings (SSSR count). The lowest BCUT2D eigenvalue weighted by molar-refractivity contribution is -0.120. The minimum absolute atomic E-state index is 0.0378. The van der Waals surface area contributed by atoms with Crippen LogP contribution in [0.25, 0.3) is 0 Å². The predicted octanol–water partition coefficient (Wildman–Crippen LogP) is 5.68. The maximum atomic E-state index is 12.0. The Morgan fingerprint density at radius 1 is 0.952 bits per heavy atom. The van der Waals surface area contributed by atoms with Gasteiger partial charge in [-0.3, -0.25) is 4.79 Å². The van der Waals surface area contributed by atoms with Crippen LogP contribution in [-0.2, 0) is 9.53 Å². The van der Waals surface area contributed by atoms with Crippen molar-refractivity contribution in [3.63, 3.8) is 0 Å². The highest BCUT2D eigenvalue weighted by Gasteiger charge is 2.43. The highest BCUT2D eigenvalue weighted by molar-refractivity contribution is 5.85. The van der Waals surface area contributed by atoms with Crippen molar-refractivity contribution in [3.8, 4) is 0 Å². The van der Waals surface area contributed by atoms with Gasteiger partial charge in [0.15, 0.2) is 5.78 Å². The number of epoxide rings is 1. The van der Waals surface area contributed by atoms with Crippen molar-refractivity contribution in [2.75, 3.05) is 0 Å². The molecule has 1 heterocycles. The molecule has 124 valence electrons. The van der Waals surface area contributed by atoms with Gasteiger partial charge < -0.3 is 4.74 Å². The molecule has 0 aromatic rings. The van der Waals surface area contributed by atoms with Gasteiger partial charge in [-0.15, -0.1) is 0 Å². The van der Waals surface area contributed by atoms with E-state index in [2.05, 4.69) is 20.8 Å². The number of hydrogen-bond donors (Lipinski definition) is 0. The van der Waals surface area contributed by atoms with E-state index in [1.165, 1.54) is 57.8 Å². The zero-order chi connectivity index (χ0) is 15.5. The van der Waals surface area contributed by atoms with Gasteiger partial charge in [0, 0.05) is 6.42 Å². The van der Waals surface area contributed by atoms with Gasteiger partial charge in [0.1, 0.15) is 6.10 Å². The molecule has 0 aromatic carbocycles. The summed E-state index contributed by atoms with van der Waals surface area (Å²) in [7, 11) is 0. The fourth-order valence-electron chi connectivity index (χ4n) is 2.94. The Bertz CT molecular complexity index is 273. The fraction of sp³-hybridized carbons (Fsp3) is 0.947. The van der Waals surface area contributed by atoms with E-state index in [9.17, 15) is 4.79 Å². The van der Waals surface area contributed by atoms with Crippen molar-refractivity contribution < 1.29 is 9.53 Å². The molecule has 0 spiro atoms. The number of Topliss-reactive ketones (excluding diaryl/α,β-unsaturated/α-hetero) is 1. The Morgan fingerprint density at radius 3 is 2.29 bits per heavy atom. The molecule has 0 aromatic heterocycles. The first kappa shape index (κ1) is 18.7. The van der Waals surface area contributed by atoms with Gasteiger partial charge >= 0.3 is 0 Å². The van der Waals surface area contributed by atoms with Gasteiger partial charge in [-0.05, 0) is 18.8 Å². The number of carbonyl (C=O) groups is 1. The molecule has 1 saturated heterocycles. The van der Waals surface area contributed by atoms with Crippen LogP contribution in [0.3, 0.4) is 0 Å². The molecule has 2 nitrogen and oxygen atoms in total.